The minimum atomic E-state index is -0.0766. The van der Waals surface area contributed by atoms with Gasteiger partial charge in [-0.3, -0.25) is 4.79 Å². The van der Waals surface area contributed by atoms with E-state index < -0.39 is 0 Å². The zero-order valence-electron chi connectivity index (χ0n) is 14.4. The summed E-state index contributed by atoms with van der Waals surface area (Å²) in [6.45, 7) is 2.50. The minimum Gasteiger partial charge on any atom is -0.346 e. The van der Waals surface area contributed by atoms with Crippen LogP contribution in [0.5, 0.6) is 0 Å². The van der Waals surface area contributed by atoms with Gasteiger partial charge in [0.25, 0.3) is 5.91 Å². The first-order chi connectivity index (χ1) is 12.7. The van der Waals surface area contributed by atoms with E-state index >= 15 is 0 Å². The van der Waals surface area contributed by atoms with Crippen LogP contribution in [0.4, 0.5) is 0 Å². The van der Waals surface area contributed by atoms with Crippen molar-refractivity contribution in [2.75, 3.05) is 0 Å². The number of rotatable bonds is 4. The molecule has 0 unspecified atom stereocenters. The van der Waals surface area contributed by atoms with Crippen molar-refractivity contribution in [2.24, 2.45) is 0 Å². The predicted molar refractivity (Wildman–Crippen MR) is 107 cm³/mol. The van der Waals surface area contributed by atoms with E-state index in [1.165, 1.54) is 5.56 Å². The summed E-state index contributed by atoms with van der Waals surface area (Å²) in [6, 6.07) is 21.9. The van der Waals surface area contributed by atoms with Crippen molar-refractivity contribution in [3.8, 4) is 10.6 Å². The molecule has 1 aromatic heterocycles. The molecule has 0 saturated carbocycles. The second-order valence-electron chi connectivity index (χ2n) is 6.17. The molecule has 1 N–H and O–H groups in total. The lowest BCUT2D eigenvalue weighted by atomic mass is 10.0. The van der Waals surface area contributed by atoms with Gasteiger partial charge in [0, 0.05) is 16.5 Å². The van der Waals surface area contributed by atoms with Crippen LogP contribution in [0.3, 0.4) is 0 Å². The Hall–Kier alpha value is -2.98. The molecule has 0 aliphatic rings. The average Bonchev–Trinajstić information content (AvgIpc) is 3.15. The largest absolute Gasteiger partial charge is 0.346 e. The lowest BCUT2D eigenvalue weighted by Crippen LogP contribution is -2.23. The Balaban J connectivity index is 1.51. The number of benzene rings is 3. The first-order valence-corrected chi connectivity index (χ1v) is 9.37. The molecule has 4 aromatic rings. The summed E-state index contributed by atoms with van der Waals surface area (Å²) in [5, 5.41) is 8.01. The van der Waals surface area contributed by atoms with Crippen LogP contribution in [0.25, 0.3) is 21.3 Å². The van der Waals surface area contributed by atoms with E-state index in [0.29, 0.717) is 12.1 Å². The number of nitrogens with zero attached hydrogens (tertiary/aromatic N) is 1. The van der Waals surface area contributed by atoms with Gasteiger partial charge in [0.1, 0.15) is 5.01 Å². The Morgan fingerprint density at radius 3 is 2.65 bits per heavy atom. The van der Waals surface area contributed by atoms with E-state index in [1.54, 1.807) is 11.3 Å². The van der Waals surface area contributed by atoms with E-state index in [-0.39, 0.29) is 5.91 Å². The third-order valence-corrected chi connectivity index (χ3v) is 5.32. The number of aromatic nitrogens is 1. The van der Waals surface area contributed by atoms with Crippen LogP contribution in [0.2, 0.25) is 0 Å². The fourth-order valence-electron chi connectivity index (χ4n) is 3.01. The molecule has 4 heteroatoms. The van der Waals surface area contributed by atoms with E-state index in [1.807, 2.05) is 60.0 Å². The van der Waals surface area contributed by atoms with E-state index in [2.05, 4.69) is 29.4 Å². The number of carbonyl (C=O) groups is 1. The molecule has 3 aromatic carbocycles. The number of hydrogen-bond acceptors (Lipinski definition) is 3. The molecule has 1 amide bonds. The molecule has 0 fully saturated rings. The second-order valence-corrected chi connectivity index (χ2v) is 7.03. The molecular formula is C22H18N2OS. The Morgan fingerprint density at radius 2 is 1.77 bits per heavy atom. The average molecular weight is 358 g/mol. The molecule has 1 heterocycles. The van der Waals surface area contributed by atoms with Gasteiger partial charge in [-0.1, -0.05) is 60.7 Å². The highest BCUT2D eigenvalue weighted by Gasteiger charge is 2.11. The monoisotopic (exact) mass is 358 g/mol. The van der Waals surface area contributed by atoms with Crippen molar-refractivity contribution >= 4 is 28.0 Å². The van der Waals surface area contributed by atoms with Crippen molar-refractivity contribution in [3.63, 3.8) is 0 Å². The molecule has 0 aliphatic heterocycles. The van der Waals surface area contributed by atoms with Crippen LogP contribution in [0.1, 0.15) is 21.6 Å². The maximum absolute atomic E-state index is 12.6. The minimum absolute atomic E-state index is 0.0766. The number of carbonyl (C=O) groups excluding carboxylic acids is 1. The molecule has 0 aliphatic carbocycles. The van der Waals surface area contributed by atoms with Crippen LogP contribution < -0.4 is 5.32 Å². The Bertz CT molecular complexity index is 1080. The summed E-state index contributed by atoms with van der Waals surface area (Å²) in [7, 11) is 0. The second kappa shape index (κ2) is 7.10. The summed E-state index contributed by atoms with van der Waals surface area (Å²) in [6.07, 6.45) is 0. The topological polar surface area (TPSA) is 42.0 Å². The van der Waals surface area contributed by atoms with Gasteiger partial charge in [0.05, 0.1) is 12.2 Å². The highest BCUT2D eigenvalue weighted by Crippen LogP contribution is 2.26. The first-order valence-electron chi connectivity index (χ1n) is 8.49. The van der Waals surface area contributed by atoms with Crippen LogP contribution in [-0.2, 0) is 6.54 Å². The molecule has 26 heavy (non-hydrogen) atoms. The molecule has 0 radical (unpaired) electrons. The van der Waals surface area contributed by atoms with E-state index in [4.69, 9.17) is 0 Å². The van der Waals surface area contributed by atoms with Crippen molar-refractivity contribution < 1.29 is 4.79 Å². The fraction of sp³-hybridized carbons (Fsp3) is 0.0909. The van der Waals surface area contributed by atoms with Crippen molar-refractivity contribution in [3.05, 3.63) is 88.9 Å². The summed E-state index contributed by atoms with van der Waals surface area (Å²) in [5.74, 6) is -0.0766. The first kappa shape index (κ1) is 16.5. The molecule has 128 valence electrons. The predicted octanol–water partition coefficient (Wildman–Crippen LogP) is 5.20. The normalized spacial score (nSPS) is 10.8. The third-order valence-electron chi connectivity index (χ3n) is 4.39. The lowest BCUT2D eigenvalue weighted by Gasteiger charge is -2.07. The zero-order valence-corrected chi connectivity index (χ0v) is 15.2. The quantitative estimate of drug-likeness (QED) is 0.545. The van der Waals surface area contributed by atoms with Gasteiger partial charge >= 0.3 is 0 Å². The molecule has 0 bridgehead atoms. The van der Waals surface area contributed by atoms with Gasteiger partial charge in [-0.25, -0.2) is 4.98 Å². The summed E-state index contributed by atoms with van der Waals surface area (Å²) >= 11 is 1.60. The van der Waals surface area contributed by atoms with Crippen molar-refractivity contribution in [2.45, 2.75) is 13.5 Å². The van der Waals surface area contributed by atoms with Gasteiger partial charge in [0.15, 0.2) is 0 Å². The van der Waals surface area contributed by atoms with Gasteiger partial charge in [-0.05, 0) is 29.3 Å². The van der Waals surface area contributed by atoms with Crippen LogP contribution >= 0.6 is 11.3 Å². The van der Waals surface area contributed by atoms with Crippen molar-refractivity contribution in [1.29, 1.82) is 0 Å². The number of thiazole rings is 1. The van der Waals surface area contributed by atoms with E-state index in [9.17, 15) is 4.79 Å². The van der Waals surface area contributed by atoms with Gasteiger partial charge in [-0.2, -0.15) is 0 Å². The summed E-state index contributed by atoms with van der Waals surface area (Å²) < 4.78 is 0. The van der Waals surface area contributed by atoms with E-state index in [0.717, 1.165) is 27.0 Å². The number of hydrogen-bond donors (Lipinski definition) is 1. The maximum atomic E-state index is 12.6. The molecule has 0 spiro atoms. The summed E-state index contributed by atoms with van der Waals surface area (Å²) in [5.41, 5.74) is 3.91. The number of aryl methyl sites for hydroxylation is 1. The Kier molecular flexibility index (Phi) is 4.50. The Labute approximate surface area is 156 Å². The van der Waals surface area contributed by atoms with Crippen LogP contribution in [-0.4, -0.2) is 10.9 Å². The summed E-state index contributed by atoms with van der Waals surface area (Å²) in [4.78, 5) is 17.3. The highest BCUT2D eigenvalue weighted by atomic mass is 32.1. The Morgan fingerprint density at radius 1 is 1.00 bits per heavy atom. The number of fused-ring (bicyclic) bond motifs is 1. The van der Waals surface area contributed by atoms with Gasteiger partial charge < -0.3 is 5.32 Å². The highest BCUT2D eigenvalue weighted by molar-refractivity contribution is 7.13. The molecule has 0 atom stereocenters. The smallest absolute Gasteiger partial charge is 0.252 e. The third kappa shape index (κ3) is 3.24. The van der Waals surface area contributed by atoms with Gasteiger partial charge in [-0.15, -0.1) is 11.3 Å². The lowest BCUT2D eigenvalue weighted by molar-refractivity contribution is 0.0952. The van der Waals surface area contributed by atoms with Crippen LogP contribution in [0, 0.1) is 6.92 Å². The standard InChI is InChI=1S/C22H18N2OS/c1-15-7-2-4-10-18(15)22-24-17(14-26-22)13-23-21(25)20-12-6-9-16-8-3-5-11-19(16)20/h2-12,14H,13H2,1H3,(H,23,25). The van der Waals surface area contributed by atoms with Crippen LogP contribution in [0.15, 0.2) is 72.1 Å². The zero-order chi connectivity index (χ0) is 17.9. The molecular weight excluding hydrogens is 340 g/mol. The SMILES string of the molecule is Cc1ccccc1-c1nc(CNC(=O)c2cccc3ccccc23)cs1. The van der Waals surface area contributed by atoms with Gasteiger partial charge in [0.2, 0.25) is 0 Å². The molecule has 0 saturated heterocycles. The fourth-order valence-corrected chi connectivity index (χ4v) is 3.92. The maximum Gasteiger partial charge on any atom is 0.252 e. The molecule has 3 nitrogen and oxygen atoms in total. The number of amides is 1. The van der Waals surface area contributed by atoms with Crippen molar-refractivity contribution in [1.82, 2.24) is 10.3 Å². The molecule has 4 rings (SSSR count). The number of nitrogens with one attached hydrogen (secondary N) is 1.